The zero-order valence-corrected chi connectivity index (χ0v) is 14.7. The van der Waals surface area contributed by atoms with Crippen LogP contribution in [0.1, 0.15) is 71.0 Å². The van der Waals surface area contributed by atoms with Crippen LogP contribution >= 0.6 is 0 Å². The number of ether oxygens (including phenoxy) is 1. The Balaban J connectivity index is 2.15. The highest BCUT2D eigenvalue weighted by Gasteiger charge is 2.39. The molecule has 1 amide bonds. The number of rotatable bonds is 2. The van der Waals surface area contributed by atoms with Crippen LogP contribution in [0.5, 0.6) is 0 Å². The van der Waals surface area contributed by atoms with Crippen molar-refractivity contribution < 1.29 is 18.7 Å². The first-order valence-electron chi connectivity index (χ1n) is 7.87. The Morgan fingerprint density at radius 1 is 1.17 bits per heavy atom. The van der Waals surface area contributed by atoms with Crippen LogP contribution in [0, 0.1) is 0 Å². The van der Waals surface area contributed by atoms with E-state index in [4.69, 9.17) is 9.15 Å². The molecule has 0 radical (unpaired) electrons. The summed E-state index contributed by atoms with van der Waals surface area (Å²) in [6.45, 7) is 11.7. The van der Waals surface area contributed by atoms with Crippen molar-refractivity contribution in [2.45, 2.75) is 71.4 Å². The first-order chi connectivity index (χ1) is 10.5. The number of aromatic nitrogens is 2. The molecule has 1 saturated heterocycles. The van der Waals surface area contributed by atoms with Gasteiger partial charge in [-0.1, -0.05) is 20.8 Å². The molecule has 0 N–H and O–H groups in total. The molecule has 0 aliphatic carbocycles. The Hall–Kier alpha value is -1.92. The average molecular weight is 323 g/mol. The second-order valence-corrected chi connectivity index (χ2v) is 7.86. The maximum absolute atomic E-state index is 12.6. The van der Waals surface area contributed by atoms with Gasteiger partial charge in [0.15, 0.2) is 0 Å². The van der Waals surface area contributed by atoms with Crippen molar-refractivity contribution in [2.24, 2.45) is 0 Å². The second kappa shape index (κ2) is 5.94. The second-order valence-electron chi connectivity index (χ2n) is 7.86. The largest absolute Gasteiger partial charge is 0.444 e. The van der Waals surface area contributed by atoms with Gasteiger partial charge in [0, 0.05) is 12.0 Å². The molecule has 1 aromatic rings. The first-order valence-corrected chi connectivity index (χ1v) is 7.87. The molecule has 0 spiro atoms. The van der Waals surface area contributed by atoms with E-state index in [1.807, 2.05) is 20.8 Å². The Kier molecular flexibility index (Phi) is 4.50. The van der Waals surface area contributed by atoms with E-state index in [0.29, 0.717) is 18.9 Å². The molecule has 1 aliphatic heterocycles. The average Bonchev–Trinajstić information content (AvgIpc) is 3.04. The lowest BCUT2D eigenvalue weighted by Crippen LogP contribution is -2.43. The van der Waals surface area contributed by atoms with Gasteiger partial charge >= 0.3 is 6.09 Å². The van der Waals surface area contributed by atoms with Crippen molar-refractivity contribution >= 4 is 11.9 Å². The van der Waals surface area contributed by atoms with Gasteiger partial charge in [-0.15, -0.1) is 10.2 Å². The Labute approximate surface area is 136 Å². The number of likely N-dealkylation sites (tertiary alicyclic amines) is 1. The predicted molar refractivity (Wildman–Crippen MR) is 83.3 cm³/mol. The summed E-state index contributed by atoms with van der Waals surface area (Å²) in [5, 5.41) is 7.79. The molecule has 7 nitrogen and oxygen atoms in total. The monoisotopic (exact) mass is 323 g/mol. The van der Waals surface area contributed by atoms with Crippen LogP contribution in [-0.2, 0) is 10.2 Å². The summed E-state index contributed by atoms with van der Waals surface area (Å²) < 4.78 is 10.9. The topological polar surface area (TPSA) is 85.5 Å². The van der Waals surface area contributed by atoms with E-state index < -0.39 is 17.7 Å². The molecule has 23 heavy (non-hydrogen) atoms. The maximum atomic E-state index is 12.6. The number of nitrogens with zero attached hydrogens (tertiary/aromatic N) is 3. The van der Waals surface area contributed by atoms with E-state index in [-0.39, 0.29) is 17.1 Å². The van der Waals surface area contributed by atoms with Gasteiger partial charge in [0.1, 0.15) is 11.6 Å². The number of amides is 1. The Morgan fingerprint density at radius 3 is 2.35 bits per heavy atom. The molecule has 1 fully saturated rings. The number of ketones is 1. The molecule has 2 rings (SSSR count). The minimum atomic E-state index is -0.600. The number of carbonyl (C=O) groups is 2. The van der Waals surface area contributed by atoms with Crippen molar-refractivity contribution in [1.82, 2.24) is 15.1 Å². The number of Topliss-reactive ketones (excluding diaryl/α,β-unsaturated/α-hetero) is 1. The number of carbonyl (C=O) groups excluding carboxylic acids is 2. The van der Waals surface area contributed by atoms with Crippen LogP contribution in [-0.4, -0.2) is 45.2 Å². The van der Waals surface area contributed by atoms with Crippen LogP contribution in [0.3, 0.4) is 0 Å². The molecule has 1 aliphatic rings. The lowest BCUT2D eigenvalue weighted by Gasteiger charge is -2.27. The lowest BCUT2D eigenvalue weighted by atomic mass is 9.97. The maximum Gasteiger partial charge on any atom is 0.410 e. The van der Waals surface area contributed by atoms with Gasteiger partial charge < -0.3 is 9.15 Å². The fourth-order valence-corrected chi connectivity index (χ4v) is 2.35. The SMILES string of the molecule is CC(C)(C)OC(=O)N1CCC[C@H]1C(=O)c1nnc(C(C)(C)C)o1. The van der Waals surface area contributed by atoms with Gasteiger partial charge in [-0.25, -0.2) is 4.79 Å². The molecular weight excluding hydrogens is 298 g/mol. The standard InChI is InChI=1S/C16H25N3O4/c1-15(2,3)13-18-17-12(22-13)11(20)10-8-7-9-19(10)14(21)23-16(4,5)6/h10H,7-9H2,1-6H3/t10-/m0/s1. The minimum Gasteiger partial charge on any atom is -0.444 e. The summed E-state index contributed by atoms with van der Waals surface area (Å²) in [6.07, 6.45) is 0.838. The zero-order valence-electron chi connectivity index (χ0n) is 14.7. The Morgan fingerprint density at radius 2 is 1.83 bits per heavy atom. The van der Waals surface area contributed by atoms with Gasteiger partial charge in [0.2, 0.25) is 11.7 Å². The summed E-state index contributed by atoms with van der Waals surface area (Å²) in [5.74, 6) is 0.0365. The van der Waals surface area contributed by atoms with Gasteiger partial charge in [-0.2, -0.15) is 0 Å². The normalized spacial score (nSPS) is 19.0. The third kappa shape index (κ3) is 4.09. The minimum absolute atomic E-state index is 0.0459. The van der Waals surface area contributed by atoms with Gasteiger partial charge in [0.05, 0.1) is 0 Å². The van der Waals surface area contributed by atoms with Gasteiger partial charge in [-0.05, 0) is 33.6 Å². The van der Waals surface area contributed by atoms with Crippen molar-refractivity contribution in [3.05, 3.63) is 11.8 Å². The number of hydrogen-bond acceptors (Lipinski definition) is 6. The molecule has 1 atom stereocenters. The number of hydrogen-bond donors (Lipinski definition) is 0. The van der Waals surface area contributed by atoms with Crippen LogP contribution in [0.25, 0.3) is 0 Å². The zero-order chi connectivity index (χ0) is 17.4. The lowest BCUT2D eigenvalue weighted by molar-refractivity contribution is 0.0218. The van der Waals surface area contributed by atoms with Crippen molar-refractivity contribution in [2.75, 3.05) is 6.54 Å². The van der Waals surface area contributed by atoms with E-state index in [1.54, 1.807) is 20.8 Å². The van der Waals surface area contributed by atoms with Gasteiger partial charge in [-0.3, -0.25) is 9.69 Å². The molecule has 128 valence electrons. The molecule has 2 heterocycles. The molecule has 0 aromatic carbocycles. The van der Waals surface area contributed by atoms with Crippen LogP contribution in [0.15, 0.2) is 4.42 Å². The third-order valence-corrected chi connectivity index (χ3v) is 3.46. The Bertz CT molecular complexity index is 595. The van der Waals surface area contributed by atoms with Crippen LogP contribution in [0.4, 0.5) is 4.79 Å². The summed E-state index contributed by atoms with van der Waals surface area (Å²) in [4.78, 5) is 26.3. The molecule has 0 bridgehead atoms. The smallest absolute Gasteiger partial charge is 0.410 e. The van der Waals surface area contributed by atoms with Crippen molar-refractivity contribution in [3.63, 3.8) is 0 Å². The molecular formula is C16H25N3O4. The fraction of sp³-hybridized carbons (Fsp3) is 0.750. The predicted octanol–water partition coefficient (Wildman–Crippen LogP) is 2.95. The highest BCUT2D eigenvalue weighted by molar-refractivity contribution is 5.98. The van der Waals surface area contributed by atoms with E-state index >= 15 is 0 Å². The fourth-order valence-electron chi connectivity index (χ4n) is 2.35. The van der Waals surface area contributed by atoms with Crippen LogP contribution < -0.4 is 0 Å². The summed E-state index contributed by atoms with van der Waals surface area (Å²) >= 11 is 0. The van der Waals surface area contributed by atoms with Crippen molar-refractivity contribution in [1.29, 1.82) is 0 Å². The molecule has 1 aromatic heterocycles. The quantitative estimate of drug-likeness (QED) is 0.778. The summed E-state index contributed by atoms with van der Waals surface area (Å²) in [7, 11) is 0. The van der Waals surface area contributed by atoms with E-state index in [9.17, 15) is 9.59 Å². The molecule has 7 heteroatoms. The molecule has 0 unspecified atom stereocenters. The van der Waals surface area contributed by atoms with Gasteiger partial charge in [0.25, 0.3) is 5.89 Å². The summed E-state index contributed by atoms with van der Waals surface area (Å²) in [6, 6.07) is -0.599. The third-order valence-electron chi connectivity index (χ3n) is 3.46. The van der Waals surface area contributed by atoms with E-state index in [1.165, 1.54) is 4.90 Å². The van der Waals surface area contributed by atoms with Crippen LogP contribution in [0.2, 0.25) is 0 Å². The van der Waals surface area contributed by atoms with E-state index in [2.05, 4.69) is 10.2 Å². The van der Waals surface area contributed by atoms with E-state index in [0.717, 1.165) is 6.42 Å². The first kappa shape index (κ1) is 17.4. The van der Waals surface area contributed by atoms with Crippen molar-refractivity contribution in [3.8, 4) is 0 Å². The highest BCUT2D eigenvalue weighted by Crippen LogP contribution is 2.25. The highest BCUT2D eigenvalue weighted by atomic mass is 16.6. The molecule has 0 saturated carbocycles. The summed E-state index contributed by atoms with van der Waals surface area (Å²) in [5.41, 5.74) is -0.927.